The van der Waals surface area contributed by atoms with Gasteiger partial charge in [0.1, 0.15) is 5.82 Å². The predicted octanol–water partition coefficient (Wildman–Crippen LogP) is 1.07. The Morgan fingerprint density at radius 3 is 2.56 bits per heavy atom. The molecular weight excluding hydrogens is 233 g/mol. The largest absolute Gasteiger partial charge is 0.396 e. The summed E-state index contributed by atoms with van der Waals surface area (Å²) in [5.41, 5.74) is 6.74. The number of hydrogen-bond acceptors (Lipinski definition) is 3. The van der Waals surface area contributed by atoms with E-state index in [1.807, 2.05) is 4.90 Å². The number of carbonyl (C=O) groups is 1. The molecule has 0 radical (unpaired) electrons. The molecule has 0 spiro atoms. The van der Waals surface area contributed by atoms with Gasteiger partial charge in [-0.15, -0.1) is 0 Å². The summed E-state index contributed by atoms with van der Waals surface area (Å²) in [7, 11) is 0. The molecule has 4 nitrogen and oxygen atoms in total. The van der Waals surface area contributed by atoms with Gasteiger partial charge < -0.3 is 10.6 Å². The summed E-state index contributed by atoms with van der Waals surface area (Å²) in [6.45, 7) is 5.54. The monoisotopic (exact) mass is 251 g/mol. The molecule has 0 atom stereocenters. The first kappa shape index (κ1) is 12.8. The summed E-state index contributed by atoms with van der Waals surface area (Å²) in [5.74, 6) is -0.249. The van der Waals surface area contributed by atoms with Crippen molar-refractivity contribution in [2.45, 2.75) is 13.5 Å². The van der Waals surface area contributed by atoms with Gasteiger partial charge in [-0.1, -0.05) is 6.07 Å². The van der Waals surface area contributed by atoms with Crippen LogP contribution in [0.2, 0.25) is 0 Å². The van der Waals surface area contributed by atoms with Gasteiger partial charge in [-0.3, -0.25) is 9.69 Å². The van der Waals surface area contributed by atoms with E-state index in [9.17, 15) is 9.18 Å². The SMILES string of the molecule is CC(=O)N1CCN(Cc2ccc(F)c(N)c2)CC1. The number of nitrogens with zero attached hydrogens (tertiary/aromatic N) is 2. The van der Waals surface area contributed by atoms with Gasteiger partial charge in [0, 0.05) is 39.6 Å². The fourth-order valence-electron chi connectivity index (χ4n) is 2.17. The quantitative estimate of drug-likeness (QED) is 0.800. The summed E-state index contributed by atoms with van der Waals surface area (Å²) in [5, 5.41) is 0. The van der Waals surface area contributed by atoms with Crippen LogP contribution >= 0.6 is 0 Å². The summed E-state index contributed by atoms with van der Waals surface area (Å²) < 4.78 is 13.0. The molecule has 0 aliphatic carbocycles. The molecule has 0 saturated carbocycles. The Morgan fingerprint density at radius 2 is 2.00 bits per heavy atom. The van der Waals surface area contributed by atoms with Crippen molar-refractivity contribution in [3.05, 3.63) is 29.6 Å². The third-order valence-corrected chi connectivity index (χ3v) is 3.28. The van der Waals surface area contributed by atoms with Crippen LogP contribution in [0.1, 0.15) is 12.5 Å². The van der Waals surface area contributed by atoms with Gasteiger partial charge in [0.2, 0.25) is 5.91 Å². The second kappa shape index (κ2) is 5.35. The summed E-state index contributed by atoms with van der Waals surface area (Å²) in [6.07, 6.45) is 0. The van der Waals surface area contributed by atoms with Gasteiger partial charge in [0.05, 0.1) is 5.69 Å². The molecule has 1 fully saturated rings. The van der Waals surface area contributed by atoms with Crippen LogP contribution in [0.15, 0.2) is 18.2 Å². The van der Waals surface area contributed by atoms with E-state index >= 15 is 0 Å². The Kier molecular flexibility index (Phi) is 3.81. The first-order chi connectivity index (χ1) is 8.56. The fourth-order valence-corrected chi connectivity index (χ4v) is 2.17. The molecule has 0 aromatic heterocycles. The van der Waals surface area contributed by atoms with Crippen LogP contribution < -0.4 is 5.73 Å². The molecule has 18 heavy (non-hydrogen) atoms. The lowest BCUT2D eigenvalue weighted by Gasteiger charge is -2.34. The standard InChI is InChI=1S/C13H18FN3O/c1-10(18)17-6-4-16(5-7-17)9-11-2-3-12(14)13(15)8-11/h2-3,8H,4-7,9,15H2,1H3. The van der Waals surface area contributed by atoms with E-state index in [0.717, 1.165) is 38.3 Å². The molecule has 98 valence electrons. The molecule has 5 heteroatoms. The molecule has 0 bridgehead atoms. The Hall–Kier alpha value is -1.62. The van der Waals surface area contributed by atoms with Gasteiger partial charge in [0.15, 0.2) is 0 Å². The van der Waals surface area contributed by atoms with Crippen LogP contribution in [-0.4, -0.2) is 41.9 Å². The van der Waals surface area contributed by atoms with Crippen LogP contribution in [0.4, 0.5) is 10.1 Å². The summed E-state index contributed by atoms with van der Waals surface area (Å²) >= 11 is 0. The number of hydrogen-bond donors (Lipinski definition) is 1. The Balaban J connectivity index is 1.91. The molecule has 1 aliphatic rings. The van der Waals surface area contributed by atoms with E-state index in [1.165, 1.54) is 6.07 Å². The molecule has 2 N–H and O–H groups in total. The van der Waals surface area contributed by atoms with Gasteiger partial charge in [-0.2, -0.15) is 0 Å². The zero-order chi connectivity index (χ0) is 13.1. The molecule has 0 unspecified atom stereocenters. The zero-order valence-electron chi connectivity index (χ0n) is 10.5. The van der Waals surface area contributed by atoms with Crippen LogP contribution in [-0.2, 0) is 11.3 Å². The zero-order valence-corrected chi connectivity index (χ0v) is 10.5. The second-order valence-corrected chi connectivity index (χ2v) is 4.64. The first-order valence-electron chi connectivity index (χ1n) is 6.08. The number of benzene rings is 1. The highest BCUT2D eigenvalue weighted by Gasteiger charge is 2.18. The summed E-state index contributed by atoms with van der Waals surface area (Å²) in [6, 6.07) is 4.83. The molecule has 1 heterocycles. The predicted molar refractivity (Wildman–Crippen MR) is 68.3 cm³/mol. The molecule has 1 aromatic rings. The average Bonchev–Trinajstić information content (AvgIpc) is 2.34. The Labute approximate surface area is 106 Å². The van der Waals surface area contributed by atoms with Crippen molar-refractivity contribution in [3.63, 3.8) is 0 Å². The Morgan fingerprint density at radius 1 is 1.33 bits per heavy atom. The van der Waals surface area contributed by atoms with Crippen molar-refractivity contribution in [3.8, 4) is 0 Å². The van der Waals surface area contributed by atoms with E-state index in [1.54, 1.807) is 19.1 Å². The highest BCUT2D eigenvalue weighted by Crippen LogP contribution is 2.15. The van der Waals surface area contributed by atoms with Crippen molar-refractivity contribution in [1.29, 1.82) is 0 Å². The highest BCUT2D eigenvalue weighted by atomic mass is 19.1. The number of piperazine rings is 1. The summed E-state index contributed by atoms with van der Waals surface area (Å²) in [4.78, 5) is 15.3. The van der Waals surface area contributed by atoms with Crippen molar-refractivity contribution in [2.75, 3.05) is 31.9 Å². The molecule has 1 aliphatic heterocycles. The van der Waals surface area contributed by atoms with E-state index in [0.29, 0.717) is 0 Å². The first-order valence-corrected chi connectivity index (χ1v) is 6.08. The van der Waals surface area contributed by atoms with Gasteiger partial charge >= 0.3 is 0 Å². The molecule has 1 aromatic carbocycles. The second-order valence-electron chi connectivity index (χ2n) is 4.64. The maximum absolute atomic E-state index is 13.0. The third-order valence-electron chi connectivity index (χ3n) is 3.28. The van der Waals surface area contributed by atoms with Crippen molar-refractivity contribution in [1.82, 2.24) is 9.80 Å². The minimum absolute atomic E-state index is 0.126. The third kappa shape index (κ3) is 2.98. The molecular formula is C13H18FN3O. The number of nitrogens with two attached hydrogens (primary N) is 1. The number of carbonyl (C=O) groups excluding carboxylic acids is 1. The van der Waals surface area contributed by atoms with E-state index in [-0.39, 0.29) is 17.4 Å². The number of halogens is 1. The Bertz CT molecular complexity index is 442. The number of anilines is 1. The average molecular weight is 251 g/mol. The van der Waals surface area contributed by atoms with Crippen LogP contribution in [0.25, 0.3) is 0 Å². The molecule has 2 rings (SSSR count). The van der Waals surface area contributed by atoms with E-state index < -0.39 is 0 Å². The lowest BCUT2D eigenvalue weighted by atomic mass is 10.1. The van der Waals surface area contributed by atoms with Crippen LogP contribution in [0, 0.1) is 5.82 Å². The smallest absolute Gasteiger partial charge is 0.219 e. The van der Waals surface area contributed by atoms with Crippen molar-refractivity contribution < 1.29 is 9.18 Å². The number of nitrogen functional groups attached to an aromatic ring is 1. The minimum Gasteiger partial charge on any atom is -0.396 e. The van der Waals surface area contributed by atoms with Crippen molar-refractivity contribution >= 4 is 11.6 Å². The fraction of sp³-hybridized carbons (Fsp3) is 0.462. The van der Waals surface area contributed by atoms with E-state index in [4.69, 9.17) is 5.73 Å². The van der Waals surface area contributed by atoms with Gasteiger partial charge in [-0.05, 0) is 17.7 Å². The van der Waals surface area contributed by atoms with Gasteiger partial charge in [0.25, 0.3) is 0 Å². The van der Waals surface area contributed by atoms with E-state index in [2.05, 4.69) is 4.90 Å². The molecule has 1 saturated heterocycles. The maximum Gasteiger partial charge on any atom is 0.219 e. The van der Waals surface area contributed by atoms with Crippen LogP contribution in [0.5, 0.6) is 0 Å². The highest BCUT2D eigenvalue weighted by molar-refractivity contribution is 5.73. The van der Waals surface area contributed by atoms with Crippen molar-refractivity contribution in [2.24, 2.45) is 0 Å². The number of amides is 1. The van der Waals surface area contributed by atoms with Gasteiger partial charge in [-0.25, -0.2) is 4.39 Å². The lowest BCUT2D eigenvalue weighted by molar-refractivity contribution is -0.130. The number of rotatable bonds is 2. The normalized spacial score (nSPS) is 16.9. The lowest BCUT2D eigenvalue weighted by Crippen LogP contribution is -2.47. The minimum atomic E-state index is -0.375. The topological polar surface area (TPSA) is 49.6 Å². The maximum atomic E-state index is 13.0. The molecule has 1 amide bonds. The van der Waals surface area contributed by atoms with Crippen LogP contribution in [0.3, 0.4) is 0 Å².